The van der Waals surface area contributed by atoms with Crippen LogP contribution in [0.2, 0.25) is 5.02 Å². The van der Waals surface area contributed by atoms with Crippen molar-refractivity contribution in [2.45, 2.75) is 6.42 Å². The van der Waals surface area contributed by atoms with E-state index in [2.05, 4.69) is 5.10 Å². The van der Waals surface area contributed by atoms with Gasteiger partial charge in [-0.1, -0.05) is 11.6 Å². The highest BCUT2D eigenvalue weighted by molar-refractivity contribution is 6.33. The van der Waals surface area contributed by atoms with Gasteiger partial charge in [-0.2, -0.15) is 9.78 Å². The molecule has 0 amide bonds. The highest BCUT2D eigenvalue weighted by atomic mass is 35.5. The summed E-state index contributed by atoms with van der Waals surface area (Å²) in [6, 6.07) is 2.74. The van der Waals surface area contributed by atoms with Crippen LogP contribution in [0.4, 0.5) is 14.5 Å². The minimum absolute atomic E-state index is 0.195. The van der Waals surface area contributed by atoms with Gasteiger partial charge in [0.25, 0.3) is 5.56 Å². The third kappa shape index (κ3) is 2.84. The molecule has 1 aromatic carbocycles. The molecule has 2 aromatic rings. The lowest BCUT2D eigenvalue weighted by Crippen LogP contribution is -2.28. The smallest absolute Gasteiger partial charge is 0.308 e. The maximum atomic E-state index is 13.8. The Morgan fingerprint density at radius 1 is 1.33 bits per heavy atom. The Morgan fingerprint density at radius 3 is 2.71 bits per heavy atom. The normalized spacial score (nSPS) is 17.3. The fourth-order valence-electron chi connectivity index (χ4n) is 2.65. The van der Waals surface area contributed by atoms with Gasteiger partial charge < -0.3 is 10.0 Å². The molecule has 3 rings (SSSR count). The van der Waals surface area contributed by atoms with Crippen molar-refractivity contribution in [1.82, 2.24) is 9.78 Å². The first-order chi connectivity index (χ1) is 11.4. The third-order valence-corrected chi connectivity index (χ3v) is 4.27. The Bertz CT molecular complexity index is 872. The van der Waals surface area contributed by atoms with Crippen molar-refractivity contribution in [2.24, 2.45) is 5.92 Å². The molecule has 0 spiro atoms. The largest absolute Gasteiger partial charge is 0.481 e. The number of nitrogens with zero attached hydrogens (tertiary/aromatic N) is 3. The first-order valence-electron chi connectivity index (χ1n) is 7.09. The summed E-state index contributed by atoms with van der Waals surface area (Å²) < 4.78 is 27.6. The number of anilines is 1. The summed E-state index contributed by atoms with van der Waals surface area (Å²) in [4.78, 5) is 25.0. The predicted octanol–water partition coefficient (Wildman–Crippen LogP) is 2.08. The van der Waals surface area contributed by atoms with Crippen molar-refractivity contribution in [3.63, 3.8) is 0 Å². The summed E-state index contributed by atoms with van der Waals surface area (Å²) in [5.41, 5.74) is -0.692. The maximum Gasteiger partial charge on any atom is 0.308 e. The van der Waals surface area contributed by atoms with Crippen LogP contribution in [0.5, 0.6) is 0 Å². The molecule has 1 unspecified atom stereocenters. The number of aromatic nitrogens is 2. The fraction of sp³-hybridized carbons (Fsp3) is 0.267. The highest BCUT2D eigenvalue weighted by Crippen LogP contribution is 2.28. The van der Waals surface area contributed by atoms with Gasteiger partial charge in [0.1, 0.15) is 16.5 Å². The number of aliphatic carboxylic acids is 1. The van der Waals surface area contributed by atoms with Crippen LogP contribution >= 0.6 is 11.6 Å². The summed E-state index contributed by atoms with van der Waals surface area (Å²) in [5, 5.41) is 12.7. The van der Waals surface area contributed by atoms with Crippen molar-refractivity contribution >= 4 is 23.3 Å². The molecule has 1 atom stereocenters. The molecule has 9 heteroatoms. The fourth-order valence-corrected chi connectivity index (χ4v) is 2.90. The van der Waals surface area contributed by atoms with E-state index in [0.717, 1.165) is 16.8 Å². The molecule has 1 saturated heterocycles. The molecule has 0 bridgehead atoms. The number of hydrogen-bond donors (Lipinski definition) is 1. The molecule has 0 radical (unpaired) electrons. The number of halogens is 3. The van der Waals surface area contributed by atoms with E-state index < -0.39 is 29.1 Å². The van der Waals surface area contributed by atoms with E-state index in [9.17, 15) is 18.4 Å². The lowest BCUT2D eigenvalue weighted by molar-refractivity contribution is -0.140. The molecule has 24 heavy (non-hydrogen) atoms. The number of rotatable bonds is 3. The van der Waals surface area contributed by atoms with E-state index in [4.69, 9.17) is 16.7 Å². The zero-order valence-electron chi connectivity index (χ0n) is 12.2. The van der Waals surface area contributed by atoms with Crippen molar-refractivity contribution in [3.8, 4) is 5.69 Å². The van der Waals surface area contributed by atoms with Gasteiger partial charge in [-0.3, -0.25) is 9.59 Å². The minimum Gasteiger partial charge on any atom is -0.481 e. The van der Waals surface area contributed by atoms with Gasteiger partial charge in [-0.25, -0.2) is 8.78 Å². The van der Waals surface area contributed by atoms with Crippen molar-refractivity contribution in [3.05, 3.63) is 51.4 Å². The molecule has 0 aliphatic carbocycles. The summed E-state index contributed by atoms with van der Waals surface area (Å²) in [7, 11) is 0. The molecule has 1 fully saturated rings. The molecule has 1 aromatic heterocycles. The quantitative estimate of drug-likeness (QED) is 0.912. The lowest BCUT2D eigenvalue weighted by Gasteiger charge is -2.19. The Kier molecular flexibility index (Phi) is 4.23. The van der Waals surface area contributed by atoms with Crippen LogP contribution in [0.1, 0.15) is 6.42 Å². The van der Waals surface area contributed by atoms with Crippen LogP contribution in [0.15, 0.2) is 29.2 Å². The van der Waals surface area contributed by atoms with E-state index in [1.807, 2.05) is 0 Å². The molecule has 126 valence electrons. The number of carbonyl (C=O) groups is 1. The molecule has 1 aliphatic heterocycles. The van der Waals surface area contributed by atoms with E-state index in [0.29, 0.717) is 24.7 Å². The monoisotopic (exact) mass is 355 g/mol. The molecule has 1 N–H and O–H groups in total. The topological polar surface area (TPSA) is 75.4 Å². The van der Waals surface area contributed by atoms with Gasteiger partial charge in [0.15, 0.2) is 5.82 Å². The summed E-state index contributed by atoms with van der Waals surface area (Å²) in [6.45, 7) is 0.637. The average molecular weight is 356 g/mol. The van der Waals surface area contributed by atoms with Gasteiger partial charge in [0.2, 0.25) is 0 Å². The second kappa shape index (κ2) is 6.20. The van der Waals surface area contributed by atoms with Gasteiger partial charge in [0.05, 0.1) is 17.8 Å². The first-order valence-corrected chi connectivity index (χ1v) is 7.47. The van der Waals surface area contributed by atoms with Crippen molar-refractivity contribution < 1.29 is 18.7 Å². The first kappa shape index (κ1) is 16.4. The van der Waals surface area contributed by atoms with Crippen molar-refractivity contribution in [1.29, 1.82) is 0 Å². The number of carboxylic acid groups (broad SMARTS) is 1. The zero-order chi connectivity index (χ0) is 17.4. The summed E-state index contributed by atoms with van der Waals surface area (Å²) in [5.74, 6) is -3.18. The highest BCUT2D eigenvalue weighted by Gasteiger charge is 2.30. The van der Waals surface area contributed by atoms with E-state index in [-0.39, 0.29) is 17.3 Å². The molecule has 6 nitrogen and oxygen atoms in total. The number of benzene rings is 1. The third-order valence-electron chi connectivity index (χ3n) is 3.92. The molecular formula is C15H12ClF2N3O3. The average Bonchev–Trinajstić information content (AvgIpc) is 3.01. The number of hydrogen-bond acceptors (Lipinski definition) is 4. The van der Waals surface area contributed by atoms with Gasteiger partial charge in [-0.15, -0.1) is 0 Å². The molecule has 1 aliphatic rings. The minimum atomic E-state index is -0.944. The SMILES string of the molecule is O=C(O)C1CCN(c2cnn(-c3ccc(F)cc3F)c(=O)c2Cl)C1. The Hall–Kier alpha value is -2.48. The number of carboxylic acids is 1. The summed E-state index contributed by atoms with van der Waals surface area (Å²) >= 11 is 6.08. The standard InChI is InChI=1S/C15H12ClF2N3O3/c16-13-12(20-4-3-8(7-20)15(23)24)6-19-21(14(13)22)11-2-1-9(17)5-10(11)18/h1-2,5-6,8H,3-4,7H2,(H,23,24). The predicted molar refractivity (Wildman–Crippen MR) is 82.7 cm³/mol. The van der Waals surface area contributed by atoms with Gasteiger partial charge in [-0.05, 0) is 18.6 Å². The summed E-state index contributed by atoms with van der Waals surface area (Å²) in [6.07, 6.45) is 1.71. The van der Waals surface area contributed by atoms with Crippen LogP contribution in [0.25, 0.3) is 5.69 Å². The second-order valence-electron chi connectivity index (χ2n) is 5.43. The van der Waals surface area contributed by atoms with E-state index >= 15 is 0 Å². The Labute approximate surface area is 139 Å². The second-order valence-corrected chi connectivity index (χ2v) is 5.80. The van der Waals surface area contributed by atoms with Crippen LogP contribution in [-0.2, 0) is 4.79 Å². The lowest BCUT2D eigenvalue weighted by atomic mass is 10.1. The van der Waals surface area contributed by atoms with Crippen LogP contribution in [0.3, 0.4) is 0 Å². The van der Waals surface area contributed by atoms with E-state index in [1.54, 1.807) is 4.90 Å². The van der Waals surface area contributed by atoms with Gasteiger partial charge in [0, 0.05) is 19.2 Å². The van der Waals surface area contributed by atoms with Crippen LogP contribution in [-0.4, -0.2) is 33.9 Å². The van der Waals surface area contributed by atoms with Crippen molar-refractivity contribution in [2.75, 3.05) is 18.0 Å². The maximum absolute atomic E-state index is 13.8. The molecule has 0 saturated carbocycles. The van der Waals surface area contributed by atoms with Gasteiger partial charge >= 0.3 is 5.97 Å². The molecular weight excluding hydrogens is 344 g/mol. The zero-order valence-corrected chi connectivity index (χ0v) is 13.0. The Morgan fingerprint density at radius 2 is 2.08 bits per heavy atom. The molecule has 2 heterocycles. The van der Waals surface area contributed by atoms with Crippen LogP contribution in [0, 0.1) is 17.6 Å². The van der Waals surface area contributed by atoms with E-state index in [1.165, 1.54) is 6.20 Å². The Balaban J connectivity index is 1.98. The van der Waals surface area contributed by atoms with Crippen LogP contribution < -0.4 is 10.5 Å².